The van der Waals surface area contributed by atoms with Crippen LogP contribution in [0.2, 0.25) is 23.3 Å². The molecule has 260 valence electrons. The smallest absolute Gasteiger partial charge is 0.410 e. The SMILES string of the molecule is Cc1cc(CN(C)C(=O)c2ccc(CC3CCC(C(O[Si](C)(C)C(C)(C)C)c4ccc(Cl)nc4)N3C(=O)OC(C)(C)C)cc2)cnc1F. The van der Waals surface area contributed by atoms with Crippen LogP contribution in [0.3, 0.4) is 0 Å². The number of hydrogen-bond acceptors (Lipinski definition) is 6. The number of carbonyl (C=O) groups is 2. The van der Waals surface area contributed by atoms with E-state index in [1.54, 1.807) is 37.2 Å². The second-order valence-electron chi connectivity index (χ2n) is 15.4. The maximum Gasteiger partial charge on any atom is 0.410 e. The number of nitrogens with zero attached hydrogens (tertiary/aromatic N) is 4. The predicted molar refractivity (Wildman–Crippen MR) is 190 cm³/mol. The van der Waals surface area contributed by atoms with Crippen LogP contribution in [0.25, 0.3) is 0 Å². The fraction of sp³-hybridized carbons (Fsp3) is 0.514. The fourth-order valence-corrected chi connectivity index (χ4v) is 7.14. The van der Waals surface area contributed by atoms with Gasteiger partial charge in [-0.05, 0) is 100 Å². The molecule has 1 aliphatic rings. The van der Waals surface area contributed by atoms with Gasteiger partial charge in [0.15, 0.2) is 8.32 Å². The van der Waals surface area contributed by atoms with Crippen LogP contribution in [0, 0.1) is 12.9 Å². The lowest BCUT2D eigenvalue weighted by Crippen LogP contribution is -2.50. The van der Waals surface area contributed by atoms with Crippen LogP contribution in [0.1, 0.15) is 93.1 Å². The Morgan fingerprint density at radius 2 is 1.69 bits per heavy atom. The average Bonchev–Trinajstić information content (AvgIpc) is 3.40. The van der Waals surface area contributed by atoms with Crippen molar-refractivity contribution < 1.29 is 23.1 Å². The third-order valence-electron chi connectivity index (χ3n) is 9.32. The number of carbonyl (C=O) groups excluding carboxylic acids is 2. The van der Waals surface area contributed by atoms with E-state index < -0.39 is 26.0 Å². The molecule has 11 heteroatoms. The van der Waals surface area contributed by atoms with Gasteiger partial charge in [-0.25, -0.2) is 14.8 Å². The Labute approximate surface area is 291 Å². The minimum atomic E-state index is -2.29. The summed E-state index contributed by atoms with van der Waals surface area (Å²) in [5.41, 5.74) is 2.94. The van der Waals surface area contributed by atoms with Gasteiger partial charge in [0.2, 0.25) is 5.95 Å². The molecule has 4 rings (SSSR count). The Hall–Kier alpha value is -3.34. The Morgan fingerprint density at radius 3 is 2.25 bits per heavy atom. The van der Waals surface area contributed by atoms with E-state index in [0.717, 1.165) is 29.5 Å². The van der Waals surface area contributed by atoms with Crippen molar-refractivity contribution in [3.05, 3.63) is 93.8 Å². The van der Waals surface area contributed by atoms with Crippen LogP contribution in [0.15, 0.2) is 54.9 Å². The van der Waals surface area contributed by atoms with Gasteiger partial charge in [-0.2, -0.15) is 4.39 Å². The van der Waals surface area contributed by atoms with Gasteiger partial charge in [0.25, 0.3) is 5.91 Å². The number of pyridine rings is 2. The van der Waals surface area contributed by atoms with Crippen molar-refractivity contribution >= 4 is 31.9 Å². The van der Waals surface area contributed by atoms with Crippen LogP contribution in [0.5, 0.6) is 0 Å². The van der Waals surface area contributed by atoms with Gasteiger partial charge in [-0.3, -0.25) is 9.69 Å². The number of benzene rings is 1. The normalized spacial score (nSPS) is 17.7. The molecule has 1 saturated heterocycles. The molecule has 48 heavy (non-hydrogen) atoms. The molecule has 1 fully saturated rings. The quantitative estimate of drug-likeness (QED) is 0.164. The predicted octanol–water partition coefficient (Wildman–Crippen LogP) is 8.92. The monoisotopic (exact) mass is 696 g/mol. The Morgan fingerprint density at radius 1 is 1.02 bits per heavy atom. The zero-order chi connectivity index (χ0) is 35.6. The summed E-state index contributed by atoms with van der Waals surface area (Å²) >= 11 is 6.18. The van der Waals surface area contributed by atoms with Crippen molar-refractivity contribution in [2.24, 2.45) is 0 Å². The summed E-state index contributed by atoms with van der Waals surface area (Å²) in [6, 6.07) is 12.5. The summed E-state index contributed by atoms with van der Waals surface area (Å²) in [5.74, 6) is -0.662. The molecular weight excluding hydrogens is 647 g/mol. The van der Waals surface area contributed by atoms with E-state index in [-0.39, 0.29) is 29.1 Å². The molecule has 8 nitrogen and oxygen atoms in total. The number of halogens is 2. The number of aryl methyl sites for hydroxylation is 1. The van der Waals surface area contributed by atoms with Crippen molar-refractivity contribution in [1.29, 1.82) is 0 Å². The molecule has 0 saturated carbocycles. The number of rotatable bonds is 9. The van der Waals surface area contributed by atoms with Gasteiger partial charge < -0.3 is 14.1 Å². The zero-order valence-corrected chi connectivity index (χ0v) is 31.7. The summed E-state index contributed by atoms with van der Waals surface area (Å²) in [5, 5.41) is 0.343. The number of likely N-dealkylation sites (tertiary alicyclic amines) is 1. The highest BCUT2D eigenvalue weighted by atomic mass is 35.5. The van der Waals surface area contributed by atoms with E-state index in [1.807, 2.05) is 56.0 Å². The van der Waals surface area contributed by atoms with Gasteiger partial charge in [0.05, 0.1) is 12.1 Å². The van der Waals surface area contributed by atoms with E-state index in [9.17, 15) is 14.0 Å². The molecule has 1 aromatic carbocycles. The van der Waals surface area contributed by atoms with E-state index in [4.69, 9.17) is 20.8 Å². The first-order chi connectivity index (χ1) is 22.3. The molecule has 0 radical (unpaired) electrons. The van der Waals surface area contributed by atoms with Gasteiger partial charge in [0.1, 0.15) is 10.8 Å². The summed E-state index contributed by atoms with van der Waals surface area (Å²) < 4.78 is 26.7. The highest BCUT2D eigenvalue weighted by molar-refractivity contribution is 6.74. The van der Waals surface area contributed by atoms with E-state index in [0.29, 0.717) is 29.2 Å². The largest absolute Gasteiger partial charge is 0.444 e. The average molecular weight is 697 g/mol. The summed E-state index contributed by atoms with van der Waals surface area (Å²) in [6.07, 6.45) is 4.49. The van der Waals surface area contributed by atoms with E-state index in [2.05, 4.69) is 43.8 Å². The van der Waals surface area contributed by atoms with Crippen LogP contribution in [0.4, 0.5) is 9.18 Å². The Balaban J connectivity index is 1.59. The van der Waals surface area contributed by atoms with E-state index >= 15 is 0 Å². The first-order valence-electron chi connectivity index (χ1n) is 16.5. The second-order valence-corrected chi connectivity index (χ2v) is 20.6. The lowest BCUT2D eigenvalue weighted by Gasteiger charge is -2.43. The lowest BCUT2D eigenvalue weighted by atomic mass is 10.0. The van der Waals surface area contributed by atoms with Crippen LogP contribution in [-0.2, 0) is 22.1 Å². The summed E-state index contributed by atoms with van der Waals surface area (Å²) in [6.45, 7) is 18.6. The second kappa shape index (κ2) is 14.6. The number of ether oxygens (including phenoxy) is 1. The molecule has 0 N–H and O–H groups in total. The third-order valence-corrected chi connectivity index (χ3v) is 14.0. The number of aromatic nitrogens is 2. The van der Waals surface area contributed by atoms with Crippen LogP contribution < -0.4 is 0 Å². The molecule has 0 aliphatic carbocycles. The highest BCUT2D eigenvalue weighted by Crippen LogP contribution is 2.44. The van der Waals surface area contributed by atoms with Crippen LogP contribution in [-0.4, -0.2) is 64.8 Å². The van der Waals surface area contributed by atoms with Gasteiger partial charge in [0, 0.05) is 48.7 Å². The molecule has 0 spiro atoms. The lowest BCUT2D eigenvalue weighted by molar-refractivity contribution is -0.00244. The molecule has 3 atom stereocenters. The number of hydrogen-bond donors (Lipinski definition) is 0. The van der Waals surface area contributed by atoms with Crippen LogP contribution >= 0.6 is 11.6 Å². The standard InChI is InChI=1S/C37H50ClFN4O4Si/c1-24-19-26(21-41-33(24)39)23-42(8)34(44)27-13-11-25(12-14-27)20-29-16-17-30(43(29)35(45)46-36(2,3)4)32(28-15-18-31(38)40-22-28)47-48(9,10)37(5,6)7/h11-15,18-19,21-22,29-30,32H,16-17,20,23H2,1-10H3. The first-order valence-corrected chi connectivity index (χ1v) is 19.8. The Bertz CT molecular complexity index is 1590. The minimum absolute atomic E-state index is 0.0536. The maximum absolute atomic E-state index is 14.0. The molecular formula is C37H50ClFN4O4Si. The maximum atomic E-state index is 14.0. The molecule has 3 heterocycles. The third kappa shape index (κ3) is 9.21. The van der Waals surface area contributed by atoms with Crippen molar-refractivity contribution in [1.82, 2.24) is 19.8 Å². The van der Waals surface area contributed by atoms with Crippen molar-refractivity contribution in [2.45, 2.75) is 116 Å². The minimum Gasteiger partial charge on any atom is -0.444 e. The summed E-state index contributed by atoms with van der Waals surface area (Å²) in [7, 11) is -0.579. The molecule has 3 unspecified atom stereocenters. The summed E-state index contributed by atoms with van der Waals surface area (Å²) in [4.78, 5) is 38.8. The Kier molecular flexibility index (Phi) is 11.4. The van der Waals surface area contributed by atoms with Crippen molar-refractivity contribution in [3.8, 4) is 0 Å². The molecule has 1 aliphatic heterocycles. The van der Waals surface area contributed by atoms with Crippen molar-refractivity contribution in [3.63, 3.8) is 0 Å². The van der Waals surface area contributed by atoms with Gasteiger partial charge in [-0.1, -0.05) is 50.6 Å². The molecule has 0 bridgehead atoms. The fourth-order valence-electron chi connectivity index (χ4n) is 5.75. The molecule has 2 aromatic heterocycles. The number of amides is 2. The van der Waals surface area contributed by atoms with Gasteiger partial charge >= 0.3 is 6.09 Å². The molecule has 3 aromatic rings. The zero-order valence-electron chi connectivity index (χ0n) is 29.9. The first kappa shape index (κ1) is 37.5. The van der Waals surface area contributed by atoms with E-state index in [1.165, 1.54) is 6.20 Å². The molecule has 2 amide bonds. The topological polar surface area (TPSA) is 84.9 Å². The van der Waals surface area contributed by atoms with Crippen molar-refractivity contribution in [2.75, 3.05) is 7.05 Å². The highest BCUT2D eigenvalue weighted by Gasteiger charge is 2.47. The van der Waals surface area contributed by atoms with Gasteiger partial charge in [-0.15, -0.1) is 0 Å².